The Hall–Kier alpha value is -2.14. The smallest absolute Gasteiger partial charge is 0.257 e. The third-order valence-corrected chi connectivity index (χ3v) is 2.76. The molecule has 98 valence electrons. The summed E-state index contributed by atoms with van der Waals surface area (Å²) >= 11 is 5.68. The van der Waals surface area contributed by atoms with Crippen LogP contribution in [0.4, 0.5) is 20.2 Å². The predicted molar refractivity (Wildman–Crippen MR) is 70.2 cm³/mol. The number of benzene rings is 2. The highest BCUT2D eigenvalue weighted by Gasteiger charge is 2.14. The fourth-order valence-corrected chi connectivity index (χ4v) is 1.77. The summed E-state index contributed by atoms with van der Waals surface area (Å²) in [6.45, 7) is 0. The Morgan fingerprint density at radius 3 is 2.63 bits per heavy atom. The van der Waals surface area contributed by atoms with Crippen molar-refractivity contribution in [2.24, 2.45) is 0 Å². The Kier molecular flexibility index (Phi) is 3.66. The molecule has 0 radical (unpaired) electrons. The van der Waals surface area contributed by atoms with Gasteiger partial charge in [0, 0.05) is 11.4 Å². The third kappa shape index (κ3) is 3.00. The van der Waals surface area contributed by atoms with Crippen LogP contribution < -0.4 is 11.1 Å². The number of nitrogens with one attached hydrogen (secondary N) is 1. The van der Waals surface area contributed by atoms with Crippen LogP contribution in [0.3, 0.4) is 0 Å². The van der Waals surface area contributed by atoms with Gasteiger partial charge in [0.25, 0.3) is 5.91 Å². The SMILES string of the molecule is Nc1cc(F)cc(NC(=O)c2cccc(F)c2Cl)c1. The fraction of sp³-hybridized carbons (Fsp3) is 0. The van der Waals surface area contributed by atoms with Crippen LogP contribution in [-0.2, 0) is 0 Å². The first-order valence-electron chi connectivity index (χ1n) is 5.29. The van der Waals surface area contributed by atoms with Crippen LogP contribution in [0.15, 0.2) is 36.4 Å². The molecule has 0 aliphatic rings. The number of halogens is 3. The van der Waals surface area contributed by atoms with E-state index in [1.165, 1.54) is 18.2 Å². The van der Waals surface area contributed by atoms with E-state index in [0.717, 1.165) is 18.2 Å². The molecule has 0 aromatic heterocycles. The Morgan fingerprint density at radius 1 is 1.21 bits per heavy atom. The molecule has 2 rings (SSSR count). The quantitative estimate of drug-likeness (QED) is 0.829. The Morgan fingerprint density at radius 2 is 1.95 bits per heavy atom. The minimum Gasteiger partial charge on any atom is -0.399 e. The van der Waals surface area contributed by atoms with Crippen LogP contribution in [0, 0.1) is 11.6 Å². The predicted octanol–water partition coefficient (Wildman–Crippen LogP) is 3.45. The molecule has 0 atom stereocenters. The molecule has 3 N–H and O–H groups in total. The minimum atomic E-state index is -0.701. The summed E-state index contributed by atoms with van der Waals surface area (Å²) in [6.07, 6.45) is 0. The molecule has 2 aromatic carbocycles. The number of nitrogens with two attached hydrogens (primary N) is 1. The maximum absolute atomic E-state index is 13.2. The van der Waals surface area contributed by atoms with Crippen molar-refractivity contribution in [1.82, 2.24) is 0 Å². The summed E-state index contributed by atoms with van der Waals surface area (Å²) in [5.41, 5.74) is 5.75. The zero-order valence-corrected chi connectivity index (χ0v) is 10.3. The summed E-state index contributed by atoms with van der Waals surface area (Å²) < 4.78 is 26.3. The second-order valence-corrected chi connectivity index (χ2v) is 4.21. The summed E-state index contributed by atoms with van der Waals surface area (Å²) in [5.74, 6) is -1.93. The fourth-order valence-electron chi connectivity index (χ4n) is 1.56. The molecule has 0 unspecified atom stereocenters. The van der Waals surface area contributed by atoms with Crippen molar-refractivity contribution in [3.63, 3.8) is 0 Å². The molecule has 0 saturated carbocycles. The average Bonchev–Trinajstić information content (AvgIpc) is 2.31. The Labute approximate surface area is 113 Å². The second kappa shape index (κ2) is 5.24. The van der Waals surface area contributed by atoms with E-state index in [4.69, 9.17) is 17.3 Å². The molecule has 0 fully saturated rings. The number of hydrogen-bond donors (Lipinski definition) is 2. The first-order chi connectivity index (χ1) is 8.97. The highest BCUT2D eigenvalue weighted by atomic mass is 35.5. The first kappa shape index (κ1) is 13.3. The van der Waals surface area contributed by atoms with E-state index in [9.17, 15) is 13.6 Å². The highest BCUT2D eigenvalue weighted by Crippen LogP contribution is 2.22. The molecule has 3 nitrogen and oxygen atoms in total. The van der Waals surface area contributed by atoms with Crippen LogP contribution in [0.2, 0.25) is 5.02 Å². The minimum absolute atomic E-state index is 0.0375. The molecule has 0 aliphatic heterocycles. The molecule has 6 heteroatoms. The van der Waals surface area contributed by atoms with E-state index < -0.39 is 17.5 Å². The number of rotatable bonds is 2. The van der Waals surface area contributed by atoms with Gasteiger partial charge in [-0.15, -0.1) is 0 Å². The summed E-state index contributed by atoms with van der Waals surface area (Å²) in [7, 11) is 0. The van der Waals surface area contributed by atoms with Crippen LogP contribution in [0.1, 0.15) is 10.4 Å². The normalized spacial score (nSPS) is 10.3. The lowest BCUT2D eigenvalue weighted by molar-refractivity contribution is 0.102. The molecular formula is C13H9ClF2N2O. The van der Waals surface area contributed by atoms with Gasteiger partial charge < -0.3 is 11.1 Å². The van der Waals surface area contributed by atoms with Crippen molar-refractivity contribution in [3.8, 4) is 0 Å². The maximum atomic E-state index is 13.2. The number of carbonyl (C=O) groups is 1. The lowest BCUT2D eigenvalue weighted by Crippen LogP contribution is -2.13. The van der Waals surface area contributed by atoms with E-state index >= 15 is 0 Å². The monoisotopic (exact) mass is 282 g/mol. The number of amides is 1. The van der Waals surface area contributed by atoms with Crippen molar-refractivity contribution in [2.45, 2.75) is 0 Å². The summed E-state index contributed by atoms with van der Waals surface area (Å²) in [6, 6.07) is 7.46. The van der Waals surface area contributed by atoms with Crippen LogP contribution >= 0.6 is 11.6 Å². The summed E-state index contributed by atoms with van der Waals surface area (Å²) in [5, 5.41) is 2.11. The van der Waals surface area contributed by atoms with Gasteiger partial charge in [-0.1, -0.05) is 17.7 Å². The molecule has 0 heterocycles. The lowest BCUT2D eigenvalue weighted by Gasteiger charge is -2.08. The van der Waals surface area contributed by atoms with Gasteiger partial charge in [0.1, 0.15) is 11.6 Å². The highest BCUT2D eigenvalue weighted by molar-refractivity contribution is 6.34. The maximum Gasteiger partial charge on any atom is 0.257 e. The second-order valence-electron chi connectivity index (χ2n) is 3.83. The third-order valence-electron chi connectivity index (χ3n) is 2.37. The van der Waals surface area contributed by atoms with E-state index in [0.29, 0.717) is 0 Å². The summed E-state index contributed by atoms with van der Waals surface area (Å²) in [4.78, 5) is 11.9. The zero-order chi connectivity index (χ0) is 14.0. The van der Waals surface area contributed by atoms with Crippen molar-refractivity contribution >= 4 is 28.9 Å². The van der Waals surface area contributed by atoms with Crippen molar-refractivity contribution in [3.05, 3.63) is 58.6 Å². The Balaban J connectivity index is 2.28. The van der Waals surface area contributed by atoms with Crippen LogP contribution in [0.25, 0.3) is 0 Å². The van der Waals surface area contributed by atoms with Gasteiger partial charge in [-0.25, -0.2) is 8.78 Å². The van der Waals surface area contributed by atoms with Crippen molar-refractivity contribution in [2.75, 3.05) is 11.1 Å². The molecule has 2 aromatic rings. The number of hydrogen-bond acceptors (Lipinski definition) is 2. The van der Waals surface area contributed by atoms with Gasteiger partial charge in [0.15, 0.2) is 0 Å². The largest absolute Gasteiger partial charge is 0.399 e. The van der Waals surface area contributed by atoms with Gasteiger partial charge >= 0.3 is 0 Å². The molecule has 0 saturated heterocycles. The van der Waals surface area contributed by atoms with E-state index in [1.54, 1.807) is 0 Å². The topological polar surface area (TPSA) is 55.1 Å². The van der Waals surface area contributed by atoms with Gasteiger partial charge in [0.2, 0.25) is 0 Å². The van der Waals surface area contributed by atoms with Crippen LogP contribution in [-0.4, -0.2) is 5.91 Å². The lowest BCUT2D eigenvalue weighted by atomic mass is 10.2. The first-order valence-corrected chi connectivity index (χ1v) is 5.66. The molecule has 19 heavy (non-hydrogen) atoms. The van der Waals surface area contributed by atoms with Gasteiger partial charge in [0.05, 0.1) is 10.6 Å². The molecule has 0 spiro atoms. The van der Waals surface area contributed by atoms with Gasteiger partial charge in [-0.05, 0) is 30.3 Å². The van der Waals surface area contributed by atoms with E-state index in [1.807, 2.05) is 0 Å². The standard InChI is InChI=1S/C13H9ClF2N2O/c14-12-10(2-1-3-11(12)16)13(19)18-9-5-7(15)4-8(17)6-9/h1-6H,17H2,(H,18,19). The van der Waals surface area contributed by atoms with Crippen LogP contribution in [0.5, 0.6) is 0 Å². The Bertz CT molecular complexity index is 626. The van der Waals surface area contributed by atoms with Crippen molar-refractivity contribution < 1.29 is 13.6 Å². The van der Waals surface area contributed by atoms with Gasteiger partial charge in [-0.3, -0.25) is 4.79 Å². The molecule has 0 bridgehead atoms. The molecular weight excluding hydrogens is 274 g/mol. The van der Waals surface area contributed by atoms with E-state index in [-0.39, 0.29) is 22.0 Å². The van der Waals surface area contributed by atoms with Crippen molar-refractivity contribution in [1.29, 1.82) is 0 Å². The number of carbonyl (C=O) groups excluding carboxylic acids is 1. The molecule has 1 amide bonds. The zero-order valence-electron chi connectivity index (χ0n) is 9.58. The number of nitrogen functional groups attached to an aromatic ring is 1. The van der Waals surface area contributed by atoms with E-state index in [2.05, 4.69) is 5.32 Å². The average molecular weight is 283 g/mol. The number of anilines is 2. The van der Waals surface area contributed by atoms with Gasteiger partial charge in [-0.2, -0.15) is 0 Å². The molecule has 0 aliphatic carbocycles.